The standard InChI is InChI=1S/C17H16O4/c1-11-14(19)10-15(21-2)16(17(11)20)13(18)9-8-12-6-4-3-5-7-12/h3-10,19-20H,1-2H3. The highest BCUT2D eigenvalue weighted by molar-refractivity contribution is 6.11. The van der Waals surface area contributed by atoms with Crippen LogP contribution < -0.4 is 4.74 Å². The van der Waals surface area contributed by atoms with Gasteiger partial charge < -0.3 is 14.9 Å². The molecule has 0 aromatic heterocycles. The number of aromatic hydroxyl groups is 2. The third-order valence-electron chi connectivity index (χ3n) is 3.18. The average Bonchev–Trinajstić information content (AvgIpc) is 2.51. The van der Waals surface area contributed by atoms with E-state index in [1.165, 1.54) is 26.2 Å². The lowest BCUT2D eigenvalue weighted by molar-refractivity contribution is 0.104. The number of hydrogen-bond donors (Lipinski definition) is 2. The predicted octanol–water partition coefficient (Wildman–Crippen LogP) is 3.31. The summed E-state index contributed by atoms with van der Waals surface area (Å²) in [5, 5.41) is 19.7. The van der Waals surface area contributed by atoms with Crippen LogP contribution in [0, 0.1) is 6.92 Å². The highest BCUT2D eigenvalue weighted by Gasteiger charge is 2.19. The van der Waals surface area contributed by atoms with E-state index in [9.17, 15) is 15.0 Å². The van der Waals surface area contributed by atoms with Gasteiger partial charge >= 0.3 is 0 Å². The van der Waals surface area contributed by atoms with Crippen LogP contribution in [0.2, 0.25) is 0 Å². The highest BCUT2D eigenvalue weighted by Crippen LogP contribution is 2.37. The van der Waals surface area contributed by atoms with Gasteiger partial charge in [0.05, 0.1) is 7.11 Å². The van der Waals surface area contributed by atoms with Gasteiger partial charge in [-0.15, -0.1) is 0 Å². The first-order valence-corrected chi connectivity index (χ1v) is 6.41. The summed E-state index contributed by atoms with van der Waals surface area (Å²) in [4.78, 5) is 12.3. The van der Waals surface area contributed by atoms with Crippen LogP contribution in [0.25, 0.3) is 6.08 Å². The number of allylic oxidation sites excluding steroid dienone is 1. The number of ether oxygens (including phenoxy) is 1. The summed E-state index contributed by atoms with van der Waals surface area (Å²) >= 11 is 0. The van der Waals surface area contributed by atoms with Crippen LogP contribution in [-0.4, -0.2) is 23.1 Å². The van der Waals surface area contributed by atoms with Crippen LogP contribution in [0.5, 0.6) is 17.2 Å². The molecule has 0 aliphatic rings. The van der Waals surface area contributed by atoms with E-state index in [4.69, 9.17) is 4.74 Å². The molecule has 0 aliphatic heterocycles. The van der Waals surface area contributed by atoms with Crippen molar-refractivity contribution in [3.05, 3.63) is 59.2 Å². The molecule has 0 aliphatic carbocycles. The van der Waals surface area contributed by atoms with Gasteiger partial charge in [-0.05, 0) is 18.6 Å². The predicted molar refractivity (Wildman–Crippen MR) is 80.9 cm³/mol. The third-order valence-corrected chi connectivity index (χ3v) is 3.18. The van der Waals surface area contributed by atoms with E-state index in [2.05, 4.69) is 0 Å². The zero-order valence-corrected chi connectivity index (χ0v) is 11.8. The number of phenolic OH excluding ortho intramolecular Hbond substituents is 2. The van der Waals surface area contributed by atoms with E-state index in [0.717, 1.165) is 5.56 Å². The second-order valence-electron chi connectivity index (χ2n) is 4.55. The summed E-state index contributed by atoms with van der Waals surface area (Å²) in [6, 6.07) is 10.7. The van der Waals surface area contributed by atoms with E-state index < -0.39 is 5.78 Å². The fraction of sp³-hybridized carbons (Fsp3) is 0.118. The maximum absolute atomic E-state index is 12.3. The first-order valence-electron chi connectivity index (χ1n) is 6.41. The molecule has 0 fully saturated rings. The number of phenols is 2. The summed E-state index contributed by atoms with van der Waals surface area (Å²) in [5.74, 6) is -0.642. The minimum atomic E-state index is -0.392. The number of rotatable bonds is 4. The molecule has 0 amide bonds. The number of carbonyl (C=O) groups excluding carboxylic acids is 1. The Balaban J connectivity index is 2.40. The van der Waals surface area contributed by atoms with Crippen molar-refractivity contribution in [2.45, 2.75) is 6.92 Å². The molecular weight excluding hydrogens is 268 g/mol. The molecule has 0 unspecified atom stereocenters. The summed E-state index contributed by atoms with van der Waals surface area (Å²) in [6.45, 7) is 1.53. The van der Waals surface area contributed by atoms with Crippen molar-refractivity contribution < 1.29 is 19.7 Å². The van der Waals surface area contributed by atoms with Crippen molar-refractivity contribution in [2.75, 3.05) is 7.11 Å². The monoisotopic (exact) mass is 284 g/mol. The summed E-state index contributed by atoms with van der Waals surface area (Å²) < 4.78 is 5.06. The van der Waals surface area contributed by atoms with Crippen molar-refractivity contribution in [2.24, 2.45) is 0 Å². The van der Waals surface area contributed by atoms with Gasteiger partial charge in [0, 0.05) is 11.6 Å². The van der Waals surface area contributed by atoms with Gasteiger partial charge in [-0.2, -0.15) is 0 Å². The molecule has 4 nitrogen and oxygen atoms in total. The Bertz CT molecular complexity index is 688. The molecule has 2 N–H and O–H groups in total. The van der Waals surface area contributed by atoms with Crippen molar-refractivity contribution in [1.82, 2.24) is 0 Å². The van der Waals surface area contributed by atoms with E-state index >= 15 is 0 Å². The van der Waals surface area contributed by atoms with Crippen molar-refractivity contribution in [3.63, 3.8) is 0 Å². The van der Waals surface area contributed by atoms with Gasteiger partial charge in [-0.1, -0.05) is 36.4 Å². The molecule has 0 saturated heterocycles. The second-order valence-corrected chi connectivity index (χ2v) is 4.55. The van der Waals surface area contributed by atoms with E-state index in [1.807, 2.05) is 30.3 Å². The molecule has 0 saturated carbocycles. The van der Waals surface area contributed by atoms with Crippen LogP contribution in [0.15, 0.2) is 42.5 Å². The average molecular weight is 284 g/mol. The molecule has 2 aromatic carbocycles. The number of methoxy groups -OCH3 is 1. The summed E-state index contributed by atoms with van der Waals surface area (Å²) in [6.07, 6.45) is 3.02. The van der Waals surface area contributed by atoms with Crippen LogP contribution >= 0.6 is 0 Å². The number of hydrogen-bond acceptors (Lipinski definition) is 4. The Kier molecular flexibility index (Phi) is 4.28. The van der Waals surface area contributed by atoms with E-state index in [0.29, 0.717) is 0 Å². The Morgan fingerprint density at radius 1 is 1.19 bits per heavy atom. The van der Waals surface area contributed by atoms with E-state index in [-0.39, 0.29) is 28.4 Å². The van der Waals surface area contributed by atoms with Crippen molar-refractivity contribution in [3.8, 4) is 17.2 Å². The van der Waals surface area contributed by atoms with Gasteiger partial charge in [0.25, 0.3) is 0 Å². The molecule has 0 bridgehead atoms. The smallest absolute Gasteiger partial charge is 0.193 e. The third kappa shape index (κ3) is 3.05. The highest BCUT2D eigenvalue weighted by atomic mass is 16.5. The molecule has 0 spiro atoms. The molecule has 2 aromatic rings. The Morgan fingerprint density at radius 3 is 2.48 bits per heavy atom. The SMILES string of the molecule is COc1cc(O)c(C)c(O)c1C(=O)C=Cc1ccccc1. The molecule has 21 heavy (non-hydrogen) atoms. The van der Waals surface area contributed by atoms with Gasteiger partial charge in [0.15, 0.2) is 5.78 Å². The zero-order chi connectivity index (χ0) is 15.4. The molecule has 2 rings (SSSR count). The molecule has 0 heterocycles. The normalized spacial score (nSPS) is 10.8. The maximum atomic E-state index is 12.3. The molecule has 0 radical (unpaired) electrons. The Labute approximate surface area is 122 Å². The van der Waals surface area contributed by atoms with Gasteiger partial charge in [-0.3, -0.25) is 4.79 Å². The molecule has 4 heteroatoms. The van der Waals surface area contributed by atoms with Gasteiger partial charge in [-0.25, -0.2) is 0 Å². The number of benzene rings is 2. The Morgan fingerprint density at radius 2 is 1.86 bits per heavy atom. The number of carbonyl (C=O) groups is 1. The Hall–Kier alpha value is -2.75. The topological polar surface area (TPSA) is 66.8 Å². The van der Waals surface area contributed by atoms with Crippen LogP contribution in [0.4, 0.5) is 0 Å². The van der Waals surface area contributed by atoms with Crippen LogP contribution in [-0.2, 0) is 0 Å². The fourth-order valence-electron chi connectivity index (χ4n) is 1.95. The largest absolute Gasteiger partial charge is 0.507 e. The lowest BCUT2D eigenvalue weighted by atomic mass is 10.0. The maximum Gasteiger partial charge on any atom is 0.193 e. The molecule has 108 valence electrons. The van der Waals surface area contributed by atoms with Crippen LogP contribution in [0.1, 0.15) is 21.5 Å². The minimum Gasteiger partial charge on any atom is -0.507 e. The minimum absolute atomic E-state index is 0.0416. The van der Waals surface area contributed by atoms with Gasteiger partial charge in [0.2, 0.25) is 0 Å². The fourth-order valence-corrected chi connectivity index (χ4v) is 1.95. The number of ketones is 1. The summed E-state index contributed by atoms with van der Waals surface area (Å²) in [7, 11) is 1.38. The lowest BCUT2D eigenvalue weighted by Crippen LogP contribution is -2.01. The second kappa shape index (κ2) is 6.13. The molecular formula is C17H16O4. The zero-order valence-electron chi connectivity index (χ0n) is 11.8. The van der Waals surface area contributed by atoms with Crippen molar-refractivity contribution in [1.29, 1.82) is 0 Å². The quantitative estimate of drug-likeness (QED) is 0.667. The first-order chi connectivity index (χ1) is 10.0. The summed E-state index contributed by atoms with van der Waals surface area (Å²) in [5.41, 5.74) is 1.16. The first kappa shape index (κ1) is 14.7. The van der Waals surface area contributed by atoms with Gasteiger partial charge in [0.1, 0.15) is 22.8 Å². The van der Waals surface area contributed by atoms with E-state index in [1.54, 1.807) is 6.08 Å². The van der Waals surface area contributed by atoms with Crippen LogP contribution in [0.3, 0.4) is 0 Å². The lowest BCUT2D eigenvalue weighted by Gasteiger charge is -2.11. The molecule has 0 atom stereocenters. The van der Waals surface area contributed by atoms with Crippen molar-refractivity contribution >= 4 is 11.9 Å².